The van der Waals surface area contributed by atoms with Crippen LogP contribution in [-0.4, -0.2) is 41.7 Å². The number of fused-ring (bicyclic) bond motifs is 1. The maximum atomic E-state index is 5.46. The van der Waals surface area contributed by atoms with E-state index >= 15 is 0 Å². The third-order valence-corrected chi connectivity index (χ3v) is 4.16. The fourth-order valence-electron chi connectivity index (χ4n) is 2.95. The number of pyridine rings is 1. The first-order valence-corrected chi connectivity index (χ1v) is 8.40. The van der Waals surface area contributed by atoms with Crippen LogP contribution in [0.5, 0.6) is 11.5 Å². The third-order valence-electron chi connectivity index (χ3n) is 4.16. The van der Waals surface area contributed by atoms with Crippen molar-refractivity contribution in [2.45, 2.75) is 13.3 Å². The van der Waals surface area contributed by atoms with Gasteiger partial charge in [0, 0.05) is 24.0 Å². The highest BCUT2D eigenvalue weighted by atomic mass is 16.7. The van der Waals surface area contributed by atoms with Crippen LogP contribution >= 0.6 is 0 Å². The molecule has 4 aromatic rings. The van der Waals surface area contributed by atoms with Crippen molar-refractivity contribution in [3.8, 4) is 28.6 Å². The summed E-state index contributed by atoms with van der Waals surface area (Å²) in [4.78, 5) is 13.2. The number of nitrogens with one attached hydrogen (secondary N) is 1. The van der Waals surface area contributed by atoms with E-state index in [-0.39, 0.29) is 6.79 Å². The molecule has 0 radical (unpaired) electrons. The Hall–Kier alpha value is -3.75. The van der Waals surface area contributed by atoms with Crippen LogP contribution in [0, 0.1) is 6.92 Å². The molecule has 134 valence electrons. The zero-order valence-corrected chi connectivity index (χ0v) is 14.5. The molecule has 9 nitrogen and oxygen atoms in total. The monoisotopic (exact) mass is 361 g/mol. The maximum Gasteiger partial charge on any atom is 0.231 e. The zero-order valence-electron chi connectivity index (χ0n) is 14.5. The molecule has 5 rings (SSSR count). The summed E-state index contributed by atoms with van der Waals surface area (Å²) in [6.45, 7) is 2.09. The molecule has 4 heterocycles. The first-order valence-electron chi connectivity index (χ1n) is 8.40. The number of ether oxygens (including phenoxy) is 2. The summed E-state index contributed by atoms with van der Waals surface area (Å²) < 4.78 is 12.6. The quantitative estimate of drug-likeness (QED) is 0.593. The van der Waals surface area contributed by atoms with Crippen molar-refractivity contribution < 1.29 is 9.47 Å². The van der Waals surface area contributed by atoms with Gasteiger partial charge in [-0.1, -0.05) is 0 Å². The van der Waals surface area contributed by atoms with Crippen LogP contribution in [0.25, 0.3) is 17.1 Å². The van der Waals surface area contributed by atoms with Crippen LogP contribution in [-0.2, 0) is 6.42 Å². The lowest BCUT2D eigenvalue weighted by molar-refractivity contribution is 0.174. The number of aromatic amines is 1. The largest absolute Gasteiger partial charge is 0.454 e. The van der Waals surface area contributed by atoms with E-state index in [1.165, 1.54) is 0 Å². The van der Waals surface area contributed by atoms with Crippen LogP contribution in [0.3, 0.4) is 0 Å². The summed E-state index contributed by atoms with van der Waals surface area (Å²) in [6, 6.07) is 9.45. The smallest absolute Gasteiger partial charge is 0.231 e. The topological polar surface area (TPSA) is 104 Å². The first kappa shape index (κ1) is 15.5. The number of hydrogen-bond donors (Lipinski definition) is 1. The molecule has 0 saturated carbocycles. The van der Waals surface area contributed by atoms with Gasteiger partial charge >= 0.3 is 0 Å². The van der Waals surface area contributed by atoms with Gasteiger partial charge in [-0.15, -0.1) is 0 Å². The first-order chi connectivity index (χ1) is 13.3. The highest BCUT2D eigenvalue weighted by molar-refractivity contribution is 5.52. The third kappa shape index (κ3) is 2.88. The van der Waals surface area contributed by atoms with Gasteiger partial charge in [0.05, 0.1) is 12.1 Å². The Morgan fingerprint density at radius 2 is 2.07 bits per heavy atom. The average molecular weight is 361 g/mol. The molecule has 3 aromatic heterocycles. The van der Waals surface area contributed by atoms with Gasteiger partial charge in [-0.25, -0.2) is 14.6 Å². The predicted octanol–water partition coefficient (Wildman–Crippen LogP) is 2.08. The van der Waals surface area contributed by atoms with Crippen molar-refractivity contribution >= 4 is 0 Å². The molecule has 0 unspecified atom stereocenters. The van der Waals surface area contributed by atoms with E-state index in [0.29, 0.717) is 29.6 Å². The molecule has 1 aliphatic rings. The normalized spacial score (nSPS) is 12.5. The average Bonchev–Trinajstić information content (AvgIpc) is 3.42. The summed E-state index contributed by atoms with van der Waals surface area (Å²) >= 11 is 0. The van der Waals surface area contributed by atoms with Gasteiger partial charge < -0.3 is 9.47 Å². The molecule has 0 spiro atoms. The molecule has 0 amide bonds. The summed E-state index contributed by atoms with van der Waals surface area (Å²) in [7, 11) is 0. The molecular weight excluding hydrogens is 346 g/mol. The summed E-state index contributed by atoms with van der Waals surface area (Å²) in [5, 5.41) is 11.7. The number of rotatable bonds is 4. The Morgan fingerprint density at radius 1 is 1.15 bits per heavy atom. The van der Waals surface area contributed by atoms with Gasteiger partial charge in [-0.3, -0.25) is 10.1 Å². The molecule has 1 aliphatic heterocycles. The zero-order chi connectivity index (χ0) is 18.2. The number of benzene rings is 1. The van der Waals surface area contributed by atoms with Gasteiger partial charge in [-0.2, -0.15) is 10.2 Å². The number of H-pyrrole nitrogens is 1. The van der Waals surface area contributed by atoms with Crippen molar-refractivity contribution in [3.05, 3.63) is 60.2 Å². The van der Waals surface area contributed by atoms with Crippen LogP contribution in [0.2, 0.25) is 0 Å². The van der Waals surface area contributed by atoms with E-state index in [4.69, 9.17) is 9.47 Å². The van der Waals surface area contributed by atoms with Crippen molar-refractivity contribution in [2.24, 2.45) is 0 Å². The van der Waals surface area contributed by atoms with Crippen molar-refractivity contribution in [3.63, 3.8) is 0 Å². The Kier molecular flexibility index (Phi) is 3.56. The van der Waals surface area contributed by atoms with E-state index in [1.54, 1.807) is 17.1 Å². The summed E-state index contributed by atoms with van der Waals surface area (Å²) in [5.74, 6) is 4.15. The number of hydrogen-bond acceptors (Lipinski definition) is 7. The van der Waals surface area contributed by atoms with E-state index in [9.17, 15) is 0 Å². The second-order valence-electron chi connectivity index (χ2n) is 6.05. The Labute approximate surface area is 154 Å². The van der Waals surface area contributed by atoms with E-state index in [1.807, 2.05) is 37.3 Å². The van der Waals surface area contributed by atoms with Gasteiger partial charge in [0.15, 0.2) is 17.3 Å². The number of aromatic nitrogens is 7. The van der Waals surface area contributed by atoms with Gasteiger partial charge in [-0.05, 0) is 31.2 Å². The molecule has 9 heteroatoms. The van der Waals surface area contributed by atoms with Gasteiger partial charge in [0.2, 0.25) is 6.79 Å². The fourth-order valence-corrected chi connectivity index (χ4v) is 2.95. The van der Waals surface area contributed by atoms with Gasteiger partial charge in [0.25, 0.3) is 0 Å². The number of aryl methyl sites for hydroxylation is 1. The van der Waals surface area contributed by atoms with Crippen molar-refractivity contribution in [1.29, 1.82) is 0 Å². The molecule has 0 bridgehead atoms. The molecule has 0 fully saturated rings. The molecule has 27 heavy (non-hydrogen) atoms. The highest BCUT2D eigenvalue weighted by Crippen LogP contribution is 2.33. The predicted molar refractivity (Wildman–Crippen MR) is 94.6 cm³/mol. The van der Waals surface area contributed by atoms with Crippen LogP contribution in [0.1, 0.15) is 17.5 Å². The van der Waals surface area contributed by atoms with Crippen LogP contribution in [0.15, 0.2) is 42.7 Å². The Bertz CT molecular complexity index is 1100. The van der Waals surface area contributed by atoms with Crippen LogP contribution < -0.4 is 9.47 Å². The van der Waals surface area contributed by atoms with Crippen LogP contribution in [0.4, 0.5) is 0 Å². The van der Waals surface area contributed by atoms with E-state index in [2.05, 4.69) is 30.2 Å². The molecule has 0 atom stereocenters. The van der Waals surface area contributed by atoms with Crippen molar-refractivity contribution in [2.75, 3.05) is 6.79 Å². The SMILES string of the molecule is Cc1nc(Cc2nc(-c3cccnc3)n[nH]2)n(-c2ccc3c(c2)OCO3)n1. The van der Waals surface area contributed by atoms with Gasteiger partial charge in [0.1, 0.15) is 17.5 Å². The molecule has 0 aliphatic carbocycles. The standard InChI is InChI=1S/C18H15N7O2/c1-11-20-17(8-16-21-18(23-22-16)12-3-2-6-19-9-12)25(24-11)13-4-5-14-15(7-13)27-10-26-14/h2-7,9H,8,10H2,1H3,(H,21,22,23). The van der Waals surface area contributed by atoms with E-state index in [0.717, 1.165) is 22.8 Å². The lowest BCUT2D eigenvalue weighted by Crippen LogP contribution is -2.05. The summed E-state index contributed by atoms with van der Waals surface area (Å²) in [6.07, 6.45) is 3.91. The molecule has 0 saturated heterocycles. The van der Waals surface area contributed by atoms with Crippen molar-refractivity contribution in [1.82, 2.24) is 34.9 Å². The minimum Gasteiger partial charge on any atom is -0.454 e. The Morgan fingerprint density at radius 3 is 2.96 bits per heavy atom. The highest BCUT2D eigenvalue weighted by Gasteiger charge is 2.18. The maximum absolute atomic E-state index is 5.46. The Balaban J connectivity index is 1.46. The lowest BCUT2D eigenvalue weighted by Gasteiger charge is -2.06. The second-order valence-corrected chi connectivity index (χ2v) is 6.05. The minimum atomic E-state index is 0.233. The molecule has 1 aromatic carbocycles. The fraction of sp³-hybridized carbons (Fsp3) is 0.167. The van der Waals surface area contributed by atoms with E-state index < -0.39 is 0 Å². The molecular formula is C18H15N7O2. The molecule has 1 N–H and O–H groups in total. The summed E-state index contributed by atoms with van der Waals surface area (Å²) in [5.41, 5.74) is 1.70. The second kappa shape index (κ2) is 6.20. The lowest BCUT2D eigenvalue weighted by atomic mass is 10.2. The minimum absolute atomic E-state index is 0.233. The number of nitrogens with zero attached hydrogens (tertiary/aromatic N) is 6.